The molecule has 1 aliphatic rings. The van der Waals surface area contributed by atoms with Gasteiger partial charge in [0.2, 0.25) is 0 Å². The van der Waals surface area contributed by atoms with Crippen LogP contribution in [0.1, 0.15) is 31.4 Å². The van der Waals surface area contributed by atoms with Gasteiger partial charge in [-0.1, -0.05) is 0 Å². The zero-order valence-electron chi connectivity index (χ0n) is 9.32. The molecule has 1 fully saturated rings. The Morgan fingerprint density at radius 1 is 1.47 bits per heavy atom. The highest BCUT2D eigenvalue weighted by Gasteiger charge is 2.37. The van der Waals surface area contributed by atoms with E-state index in [1.807, 2.05) is 32.9 Å². The van der Waals surface area contributed by atoms with Gasteiger partial charge in [-0.25, -0.2) is 0 Å². The fourth-order valence-electron chi connectivity index (χ4n) is 1.71. The van der Waals surface area contributed by atoms with Crippen molar-refractivity contribution in [3.8, 4) is 0 Å². The Morgan fingerprint density at radius 2 is 2.20 bits per heavy atom. The quantitative estimate of drug-likeness (QED) is 0.809. The summed E-state index contributed by atoms with van der Waals surface area (Å²) in [7, 11) is 0. The van der Waals surface area contributed by atoms with E-state index in [0.717, 1.165) is 11.5 Å². The molecule has 1 aliphatic heterocycles. The molecule has 2 rings (SSSR count). The fourth-order valence-corrected chi connectivity index (χ4v) is 1.71. The van der Waals surface area contributed by atoms with Gasteiger partial charge in [0, 0.05) is 0 Å². The van der Waals surface area contributed by atoms with Crippen LogP contribution in [0.15, 0.2) is 16.5 Å². The summed E-state index contributed by atoms with van der Waals surface area (Å²) in [4.78, 5) is 0. The van der Waals surface area contributed by atoms with Crippen molar-refractivity contribution in [1.82, 2.24) is 0 Å². The molecule has 1 aromatic heterocycles. The van der Waals surface area contributed by atoms with E-state index in [2.05, 4.69) is 0 Å². The van der Waals surface area contributed by atoms with Crippen molar-refractivity contribution >= 4 is 0 Å². The Kier molecular flexibility index (Phi) is 2.58. The van der Waals surface area contributed by atoms with Crippen molar-refractivity contribution in [2.75, 3.05) is 6.61 Å². The highest BCUT2D eigenvalue weighted by molar-refractivity contribution is 5.11. The maximum Gasteiger partial charge on any atom is 0.163 e. The highest BCUT2D eigenvalue weighted by Crippen LogP contribution is 2.29. The van der Waals surface area contributed by atoms with Crippen LogP contribution in [0.4, 0.5) is 0 Å². The topological polar surface area (TPSA) is 57.6 Å². The van der Waals surface area contributed by atoms with Gasteiger partial charge in [-0.05, 0) is 32.9 Å². The zero-order valence-corrected chi connectivity index (χ0v) is 9.32. The number of hydrogen-bond acceptors (Lipinski definition) is 4. The lowest BCUT2D eigenvalue weighted by molar-refractivity contribution is -0.141. The summed E-state index contributed by atoms with van der Waals surface area (Å²) in [5.74, 6) is 1.07. The van der Waals surface area contributed by atoms with Gasteiger partial charge in [-0.3, -0.25) is 0 Å². The molecule has 1 aromatic rings. The monoisotopic (exact) mass is 211 g/mol. The summed E-state index contributed by atoms with van der Waals surface area (Å²) in [6.07, 6.45) is -0.134. The van der Waals surface area contributed by atoms with Crippen LogP contribution in [0.2, 0.25) is 0 Å². The second-order valence-electron chi connectivity index (χ2n) is 4.34. The minimum Gasteiger partial charge on any atom is -0.465 e. The van der Waals surface area contributed by atoms with E-state index in [1.165, 1.54) is 0 Å². The Bertz CT molecular complexity index is 345. The van der Waals surface area contributed by atoms with E-state index in [-0.39, 0.29) is 12.1 Å². The molecule has 2 unspecified atom stereocenters. The van der Waals surface area contributed by atoms with E-state index in [0.29, 0.717) is 6.61 Å². The lowest BCUT2D eigenvalue weighted by Crippen LogP contribution is -2.30. The first-order valence-electron chi connectivity index (χ1n) is 5.12. The minimum atomic E-state index is -0.538. The first-order chi connectivity index (χ1) is 6.98. The molecule has 0 aromatic carbocycles. The predicted molar refractivity (Wildman–Crippen MR) is 55.3 cm³/mol. The Hall–Kier alpha value is -0.840. The average molecular weight is 211 g/mol. The Morgan fingerprint density at radius 3 is 2.67 bits per heavy atom. The number of nitrogens with two attached hydrogens (primary N) is 1. The molecule has 0 saturated carbocycles. The first kappa shape index (κ1) is 10.7. The Balaban J connectivity index is 2.06. The van der Waals surface area contributed by atoms with Crippen molar-refractivity contribution in [2.45, 2.75) is 38.7 Å². The third-order valence-corrected chi connectivity index (χ3v) is 2.52. The number of furan rings is 1. The molecule has 0 spiro atoms. The van der Waals surface area contributed by atoms with Gasteiger partial charge in [0.1, 0.15) is 17.6 Å². The number of ether oxygens (including phenoxy) is 2. The van der Waals surface area contributed by atoms with Crippen molar-refractivity contribution < 1.29 is 13.9 Å². The molecule has 0 aliphatic carbocycles. The summed E-state index contributed by atoms with van der Waals surface area (Å²) in [6.45, 7) is 6.17. The molecule has 1 saturated heterocycles. The van der Waals surface area contributed by atoms with Gasteiger partial charge in [0.25, 0.3) is 0 Å². The molecule has 2 atom stereocenters. The van der Waals surface area contributed by atoms with Crippen LogP contribution in [-0.2, 0) is 9.47 Å². The van der Waals surface area contributed by atoms with Crippen LogP contribution in [0.5, 0.6) is 0 Å². The predicted octanol–water partition coefficient (Wildman–Crippen LogP) is 1.74. The van der Waals surface area contributed by atoms with Gasteiger partial charge in [-0.15, -0.1) is 0 Å². The van der Waals surface area contributed by atoms with Crippen molar-refractivity contribution in [3.63, 3.8) is 0 Å². The molecular formula is C11H17NO3. The lowest BCUT2D eigenvalue weighted by atomic mass is 10.1. The van der Waals surface area contributed by atoms with Crippen LogP contribution in [0.25, 0.3) is 0 Å². The van der Waals surface area contributed by atoms with Crippen LogP contribution in [-0.4, -0.2) is 18.5 Å². The largest absolute Gasteiger partial charge is 0.465 e. The van der Waals surface area contributed by atoms with E-state index in [1.54, 1.807) is 0 Å². The van der Waals surface area contributed by atoms with Crippen molar-refractivity contribution in [3.05, 3.63) is 23.7 Å². The van der Waals surface area contributed by atoms with Crippen LogP contribution in [0.3, 0.4) is 0 Å². The van der Waals surface area contributed by atoms with Crippen LogP contribution in [0, 0.1) is 6.92 Å². The first-order valence-corrected chi connectivity index (χ1v) is 5.12. The van der Waals surface area contributed by atoms with E-state index < -0.39 is 5.79 Å². The summed E-state index contributed by atoms with van der Waals surface area (Å²) >= 11 is 0. The smallest absolute Gasteiger partial charge is 0.163 e. The zero-order chi connectivity index (χ0) is 11.1. The second-order valence-corrected chi connectivity index (χ2v) is 4.34. The average Bonchev–Trinajstić information content (AvgIpc) is 2.71. The number of rotatable bonds is 2. The summed E-state index contributed by atoms with van der Waals surface area (Å²) in [5, 5.41) is 0. The molecule has 0 bridgehead atoms. The van der Waals surface area contributed by atoms with Crippen LogP contribution >= 0.6 is 0 Å². The molecule has 2 N–H and O–H groups in total. The van der Waals surface area contributed by atoms with Gasteiger partial charge in [0.05, 0.1) is 12.6 Å². The highest BCUT2D eigenvalue weighted by atomic mass is 16.7. The van der Waals surface area contributed by atoms with Gasteiger partial charge >= 0.3 is 0 Å². The van der Waals surface area contributed by atoms with E-state index in [4.69, 9.17) is 19.6 Å². The maximum atomic E-state index is 6.04. The van der Waals surface area contributed by atoms with Crippen molar-refractivity contribution in [1.29, 1.82) is 0 Å². The maximum absolute atomic E-state index is 6.04. The summed E-state index contributed by atoms with van der Waals surface area (Å²) in [6, 6.07) is 3.52. The standard InChI is InChI=1S/C11H17NO3/c1-7-4-5-8(14-7)10(12)9-6-13-11(2,3)15-9/h4-5,9-10H,6,12H2,1-3H3. The summed E-state index contributed by atoms with van der Waals surface area (Å²) in [5.41, 5.74) is 6.04. The molecule has 0 radical (unpaired) electrons. The molecule has 4 nitrogen and oxygen atoms in total. The molecule has 4 heteroatoms. The minimum absolute atomic E-state index is 0.134. The number of hydrogen-bond donors (Lipinski definition) is 1. The van der Waals surface area contributed by atoms with Gasteiger partial charge < -0.3 is 19.6 Å². The lowest BCUT2D eigenvalue weighted by Gasteiger charge is -2.19. The van der Waals surface area contributed by atoms with Gasteiger partial charge in [-0.2, -0.15) is 0 Å². The third-order valence-electron chi connectivity index (χ3n) is 2.52. The SMILES string of the molecule is Cc1ccc(C(N)C2COC(C)(C)O2)o1. The third kappa shape index (κ3) is 2.22. The van der Waals surface area contributed by atoms with Gasteiger partial charge in [0.15, 0.2) is 5.79 Å². The Labute approximate surface area is 89.3 Å². The van der Waals surface area contributed by atoms with E-state index in [9.17, 15) is 0 Å². The molecule has 0 amide bonds. The van der Waals surface area contributed by atoms with E-state index >= 15 is 0 Å². The molecular weight excluding hydrogens is 194 g/mol. The summed E-state index contributed by atoms with van der Waals surface area (Å²) < 4.78 is 16.6. The second kappa shape index (κ2) is 3.63. The molecule has 84 valence electrons. The van der Waals surface area contributed by atoms with Crippen LogP contribution < -0.4 is 5.73 Å². The molecule has 15 heavy (non-hydrogen) atoms. The number of aryl methyl sites for hydroxylation is 1. The normalized spacial score (nSPS) is 26.8. The van der Waals surface area contributed by atoms with Crippen molar-refractivity contribution in [2.24, 2.45) is 5.73 Å². The molecule has 2 heterocycles. The fraction of sp³-hybridized carbons (Fsp3) is 0.636.